The normalized spacial score (nSPS) is 12.1. The summed E-state index contributed by atoms with van der Waals surface area (Å²) in [5.41, 5.74) is 1.42. The maximum Gasteiger partial charge on any atom is 0.254 e. The van der Waals surface area contributed by atoms with Crippen molar-refractivity contribution >= 4 is 11.8 Å². The van der Waals surface area contributed by atoms with Crippen LogP contribution in [0.2, 0.25) is 0 Å². The Kier molecular flexibility index (Phi) is 4.92. The van der Waals surface area contributed by atoms with Gasteiger partial charge in [0.15, 0.2) is 11.5 Å². The molecule has 1 aliphatic rings. The van der Waals surface area contributed by atoms with Gasteiger partial charge in [-0.1, -0.05) is 6.07 Å². The van der Waals surface area contributed by atoms with Crippen LogP contribution in [0.1, 0.15) is 33.9 Å². The standard InChI is InChI=1S/C18H20N2O5/c1-11-7-14(12(2)25-11)18(22)19-6-5-17(21)20-9-13-3-4-15-16(8-13)24-10-23-15/h3-4,7-8H,5-6,9-10H2,1-2H3,(H,19,22)(H,20,21). The van der Waals surface area contributed by atoms with E-state index in [-0.39, 0.29) is 31.6 Å². The number of amides is 2. The zero-order valence-electron chi connectivity index (χ0n) is 14.2. The molecule has 7 nitrogen and oxygen atoms in total. The van der Waals surface area contributed by atoms with Gasteiger partial charge in [0, 0.05) is 19.5 Å². The van der Waals surface area contributed by atoms with Gasteiger partial charge in [0.2, 0.25) is 12.7 Å². The quantitative estimate of drug-likeness (QED) is 0.837. The lowest BCUT2D eigenvalue weighted by molar-refractivity contribution is -0.121. The Balaban J connectivity index is 1.41. The highest BCUT2D eigenvalue weighted by atomic mass is 16.7. The molecular formula is C18H20N2O5. The SMILES string of the molecule is Cc1cc(C(=O)NCCC(=O)NCc2ccc3c(c2)OCO3)c(C)o1. The summed E-state index contributed by atoms with van der Waals surface area (Å²) in [5.74, 6) is 2.27. The summed E-state index contributed by atoms with van der Waals surface area (Å²) in [6.45, 7) is 4.40. The first-order valence-electron chi connectivity index (χ1n) is 8.03. The van der Waals surface area contributed by atoms with Crippen molar-refractivity contribution < 1.29 is 23.5 Å². The van der Waals surface area contributed by atoms with E-state index in [1.165, 1.54) is 0 Å². The molecule has 0 bridgehead atoms. The van der Waals surface area contributed by atoms with Crippen molar-refractivity contribution in [2.45, 2.75) is 26.8 Å². The average molecular weight is 344 g/mol. The van der Waals surface area contributed by atoms with E-state index in [1.54, 1.807) is 19.9 Å². The van der Waals surface area contributed by atoms with E-state index in [4.69, 9.17) is 13.9 Å². The summed E-state index contributed by atoms with van der Waals surface area (Å²) in [4.78, 5) is 23.9. The molecule has 132 valence electrons. The lowest BCUT2D eigenvalue weighted by atomic mass is 10.2. The van der Waals surface area contributed by atoms with Crippen LogP contribution in [-0.4, -0.2) is 25.2 Å². The monoisotopic (exact) mass is 344 g/mol. The van der Waals surface area contributed by atoms with E-state index in [0.29, 0.717) is 35.1 Å². The summed E-state index contributed by atoms with van der Waals surface area (Å²) >= 11 is 0. The molecule has 3 rings (SSSR count). The van der Waals surface area contributed by atoms with Gasteiger partial charge < -0.3 is 24.5 Å². The highest BCUT2D eigenvalue weighted by Crippen LogP contribution is 2.32. The predicted molar refractivity (Wildman–Crippen MR) is 89.5 cm³/mol. The first-order valence-corrected chi connectivity index (χ1v) is 8.03. The smallest absolute Gasteiger partial charge is 0.254 e. The number of rotatable bonds is 6. The molecule has 0 atom stereocenters. The molecule has 25 heavy (non-hydrogen) atoms. The molecule has 1 aromatic carbocycles. The van der Waals surface area contributed by atoms with Crippen LogP contribution in [0.3, 0.4) is 0 Å². The molecule has 0 radical (unpaired) electrons. The van der Waals surface area contributed by atoms with Crippen molar-refractivity contribution in [1.29, 1.82) is 0 Å². The molecular weight excluding hydrogens is 324 g/mol. The molecule has 1 aliphatic heterocycles. The Morgan fingerprint density at radius 2 is 1.88 bits per heavy atom. The van der Waals surface area contributed by atoms with E-state index in [9.17, 15) is 9.59 Å². The minimum absolute atomic E-state index is 0.141. The molecule has 0 saturated heterocycles. The number of benzene rings is 1. The van der Waals surface area contributed by atoms with Gasteiger partial charge in [-0.05, 0) is 37.6 Å². The van der Waals surface area contributed by atoms with E-state index >= 15 is 0 Å². The first kappa shape index (κ1) is 16.9. The van der Waals surface area contributed by atoms with E-state index in [0.717, 1.165) is 5.56 Å². The highest BCUT2D eigenvalue weighted by Gasteiger charge is 2.14. The minimum atomic E-state index is -0.238. The fourth-order valence-electron chi connectivity index (χ4n) is 2.58. The highest BCUT2D eigenvalue weighted by molar-refractivity contribution is 5.95. The second-order valence-corrected chi connectivity index (χ2v) is 5.80. The molecule has 7 heteroatoms. The molecule has 2 aromatic rings. The Morgan fingerprint density at radius 1 is 1.08 bits per heavy atom. The van der Waals surface area contributed by atoms with Gasteiger partial charge in [-0.2, -0.15) is 0 Å². The second-order valence-electron chi connectivity index (χ2n) is 5.80. The van der Waals surface area contributed by atoms with Crippen LogP contribution in [-0.2, 0) is 11.3 Å². The molecule has 2 heterocycles. The van der Waals surface area contributed by atoms with Crippen LogP contribution in [0.15, 0.2) is 28.7 Å². The molecule has 2 amide bonds. The van der Waals surface area contributed by atoms with Gasteiger partial charge in [-0.25, -0.2) is 0 Å². The van der Waals surface area contributed by atoms with Gasteiger partial charge >= 0.3 is 0 Å². The number of hydrogen-bond donors (Lipinski definition) is 2. The number of carbonyl (C=O) groups is 2. The number of nitrogens with one attached hydrogen (secondary N) is 2. The van der Waals surface area contributed by atoms with Crippen molar-refractivity contribution in [3.05, 3.63) is 46.9 Å². The van der Waals surface area contributed by atoms with Crippen molar-refractivity contribution in [3.8, 4) is 11.5 Å². The number of hydrogen-bond acceptors (Lipinski definition) is 5. The number of fused-ring (bicyclic) bond motifs is 1. The Hall–Kier alpha value is -2.96. The van der Waals surface area contributed by atoms with Gasteiger partial charge in [-0.3, -0.25) is 9.59 Å². The molecule has 1 aromatic heterocycles. The maximum absolute atomic E-state index is 12.0. The van der Waals surface area contributed by atoms with Gasteiger partial charge in [-0.15, -0.1) is 0 Å². The topological polar surface area (TPSA) is 89.8 Å². The lowest BCUT2D eigenvalue weighted by Crippen LogP contribution is -2.30. The van der Waals surface area contributed by atoms with E-state index < -0.39 is 0 Å². The third-order valence-electron chi connectivity index (χ3n) is 3.85. The van der Waals surface area contributed by atoms with Gasteiger partial charge in [0.05, 0.1) is 5.56 Å². The van der Waals surface area contributed by atoms with Crippen LogP contribution in [0.4, 0.5) is 0 Å². The summed E-state index contributed by atoms with van der Waals surface area (Å²) in [6, 6.07) is 7.22. The number of furan rings is 1. The summed E-state index contributed by atoms with van der Waals surface area (Å²) < 4.78 is 15.9. The Bertz CT molecular complexity index is 797. The fraction of sp³-hybridized carbons (Fsp3) is 0.333. The molecule has 0 saturated carbocycles. The number of carbonyl (C=O) groups excluding carboxylic acids is 2. The van der Waals surface area contributed by atoms with Gasteiger partial charge in [0.1, 0.15) is 11.5 Å². The molecule has 0 spiro atoms. The first-order chi connectivity index (χ1) is 12.0. The minimum Gasteiger partial charge on any atom is -0.466 e. The van der Waals surface area contributed by atoms with Crippen LogP contribution in [0.5, 0.6) is 11.5 Å². The second kappa shape index (κ2) is 7.29. The van der Waals surface area contributed by atoms with Crippen molar-refractivity contribution in [2.75, 3.05) is 13.3 Å². The van der Waals surface area contributed by atoms with E-state index in [2.05, 4.69) is 10.6 Å². The Morgan fingerprint density at radius 3 is 2.64 bits per heavy atom. The average Bonchev–Trinajstić information content (AvgIpc) is 3.18. The fourth-order valence-corrected chi connectivity index (χ4v) is 2.58. The zero-order valence-corrected chi connectivity index (χ0v) is 14.2. The Labute approximate surface area is 145 Å². The third-order valence-corrected chi connectivity index (χ3v) is 3.85. The van der Waals surface area contributed by atoms with Crippen LogP contribution in [0.25, 0.3) is 0 Å². The zero-order chi connectivity index (χ0) is 17.8. The lowest BCUT2D eigenvalue weighted by Gasteiger charge is -2.07. The van der Waals surface area contributed by atoms with E-state index in [1.807, 2.05) is 18.2 Å². The predicted octanol–water partition coefficient (Wildman–Crippen LogP) is 2.06. The largest absolute Gasteiger partial charge is 0.466 e. The van der Waals surface area contributed by atoms with Crippen LogP contribution < -0.4 is 20.1 Å². The number of aryl methyl sites for hydroxylation is 2. The van der Waals surface area contributed by atoms with Crippen molar-refractivity contribution in [3.63, 3.8) is 0 Å². The third kappa shape index (κ3) is 4.12. The molecule has 0 fully saturated rings. The van der Waals surface area contributed by atoms with Crippen molar-refractivity contribution in [2.24, 2.45) is 0 Å². The van der Waals surface area contributed by atoms with Gasteiger partial charge in [0.25, 0.3) is 5.91 Å². The van der Waals surface area contributed by atoms with Crippen LogP contribution >= 0.6 is 0 Å². The molecule has 0 aliphatic carbocycles. The molecule has 0 unspecified atom stereocenters. The summed E-state index contributed by atoms with van der Waals surface area (Å²) in [5, 5.41) is 5.53. The number of ether oxygens (including phenoxy) is 2. The van der Waals surface area contributed by atoms with Crippen molar-refractivity contribution in [1.82, 2.24) is 10.6 Å². The van der Waals surface area contributed by atoms with Crippen LogP contribution in [0, 0.1) is 13.8 Å². The summed E-state index contributed by atoms with van der Waals surface area (Å²) in [6.07, 6.45) is 0.201. The summed E-state index contributed by atoms with van der Waals surface area (Å²) in [7, 11) is 0. The molecule has 2 N–H and O–H groups in total. The maximum atomic E-state index is 12.0.